The summed E-state index contributed by atoms with van der Waals surface area (Å²) in [6, 6.07) is 0.756. The van der Waals surface area contributed by atoms with Crippen LogP contribution in [0.25, 0.3) is 0 Å². The van der Waals surface area contributed by atoms with Crippen molar-refractivity contribution in [3.8, 4) is 0 Å². The third-order valence-corrected chi connectivity index (χ3v) is 1.62. The zero-order valence-electron chi connectivity index (χ0n) is 5.20. The normalized spacial score (nSPS) is 25.1. The molecular formula is C6H9N3. The summed E-state index contributed by atoms with van der Waals surface area (Å²) in [5.41, 5.74) is 0. The molecule has 0 bridgehead atoms. The van der Waals surface area contributed by atoms with Crippen LogP contribution in [-0.4, -0.2) is 30.3 Å². The number of nitrogens with zero attached hydrogens (tertiary/aromatic N) is 3. The molecule has 0 unspecified atom stereocenters. The van der Waals surface area contributed by atoms with Crippen molar-refractivity contribution in [2.45, 2.75) is 18.9 Å². The van der Waals surface area contributed by atoms with Gasteiger partial charge in [-0.25, -0.2) is 4.99 Å². The molecule has 1 fully saturated rings. The van der Waals surface area contributed by atoms with Gasteiger partial charge in [-0.15, -0.1) is 0 Å². The third kappa shape index (κ3) is 0.943. The van der Waals surface area contributed by atoms with E-state index < -0.39 is 0 Å². The quantitative estimate of drug-likeness (QED) is 0.498. The van der Waals surface area contributed by atoms with Crippen LogP contribution in [0.2, 0.25) is 0 Å². The van der Waals surface area contributed by atoms with Gasteiger partial charge in [0.15, 0.2) is 0 Å². The second kappa shape index (κ2) is 1.83. The largest absolute Gasteiger partial charge is 0.340 e. The van der Waals surface area contributed by atoms with Gasteiger partial charge >= 0.3 is 0 Å². The second-order valence-corrected chi connectivity index (χ2v) is 2.45. The molecular weight excluding hydrogens is 114 g/mol. The van der Waals surface area contributed by atoms with Crippen molar-refractivity contribution >= 4 is 12.7 Å². The van der Waals surface area contributed by atoms with Crippen LogP contribution in [0.4, 0.5) is 0 Å². The van der Waals surface area contributed by atoms with Crippen molar-refractivity contribution in [1.82, 2.24) is 4.90 Å². The summed E-state index contributed by atoms with van der Waals surface area (Å²) in [6.07, 6.45) is 6.13. The van der Waals surface area contributed by atoms with E-state index in [1.165, 1.54) is 12.8 Å². The maximum Gasteiger partial charge on any atom is 0.113 e. The molecule has 1 heterocycles. The highest BCUT2D eigenvalue weighted by molar-refractivity contribution is 5.73. The Morgan fingerprint density at radius 2 is 2.33 bits per heavy atom. The number of rotatable bonds is 1. The Morgan fingerprint density at radius 1 is 1.44 bits per heavy atom. The lowest BCUT2D eigenvalue weighted by Gasteiger charge is -2.16. The van der Waals surface area contributed by atoms with Gasteiger partial charge in [0.1, 0.15) is 13.0 Å². The Kier molecular flexibility index (Phi) is 1.01. The maximum atomic E-state index is 4.02. The van der Waals surface area contributed by atoms with E-state index in [2.05, 4.69) is 14.9 Å². The molecule has 0 atom stereocenters. The molecule has 1 saturated carbocycles. The van der Waals surface area contributed by atoms with Gasteiger partial charge in [0.05, 0.1) is 6.34 Å². The predicted molar refractivity (Wildman–Crippen MR) is 36.7 cm³/mol. The molecule has 3 nitrogen and oxygen atoms in total. The first-order chi connectivity index (χ1) is 4.47. The minimum Gasteiger partial charge on any atom is -0.340 e. The fraction of sp³-hybridized carbons (Fsp3) is 0.667. The molecule has 0 aromatic rings. The van der Waals surface area contributed by atoms with Crippen molar-refractivity contribution in [3.63, 3.8) is 0 Å². The molecule has 2 rings (SSSR count). The van der Waals surface area contributed by atoms with Crippen LogP contribution in [0.5, 0.6) is 0 Å². The van der Waals surface area contributed by atoms with Gasteiger partial charge in [-0.1, -0.05) is 0 Å². The molecule has 2 aliphatic rings. The third-order valence-electron chi connectivity index (χ3n) is 1.62. The maximum absolute atomic E-state index is 4.02. The van der Waals surface area contributed by atoms with Gasteiger partial charge in [-0.05, 0) is 12.8 Å². The predicted octanol–water partition coefficient (Wildman–Crippen LogP) is 0.478. The fourth-order valence-corrected chi connectivity index (χ4v) is 0.946. The lowest BCUT2D eigenvalue weighted by molar-refractivity contribution is 0.432. The van der Waals surface area contributed by atoms with E-state index in [0.717, 1.165) is 12.7 Å². The number of aliphatic imine (C=N–C) groups is 2. The van der Waals surface area contributed by atoms with Gasteiger partial charge < -0.3 is 4.90 Å². The summed E-state index contributed by atoms with van der Waals surface area (Å²) in [4.78, 5) is 10.1. The van der Waals surface area contributed by atoms with E-state index in [-0.39, 0.29) is 0 Å². The van der Waals surface area contributed by atoms with Crippen LogP contribution in [0.3, 0.4) is 0 Å². The fourth-order valence-electron chi connectivity index (χ4n) is 0.946. The van der Waals surface area contributed by atoms with E-state index in [1.807, 2.05) is 6.34 Å². The first-order valence-corrected chi connectivity index (χ1v) is 3.24. The molecule has 0 aromatic carbocycles. The van der Waals surface area contributed by atoms with Crippen LogP contribution < -0.4 is 0 Å². The molecule has 48 valence electrons. The molecule has 0 radical (unpaired) electrons. The first-order valence-electron chi connectivity index (χ1n) is 3.24. The van der Waals surface area contributed by atoms with E-state index in [1.54, 1.807) is 6.34 Å². The van der Waals surface area contributed by atoms with Gasteiger partial charge in [-0.3, -0.25) is 4.99 Å². The van der Waals surface area contributed by atoms with Crippen LogP contribution in [0, 0.1) is 0 Å². The summed E-state index contributed by atoms with van der Waals surface area (Å²) in [6.45, 7) is 0.814. The highest BCUT2D eigenvalue weighted by Gasteiger charge is 2.27. The van der Waals surface area contributed by atoms with Crippen molar-refractivity contribution in [3.05, 3.63) is 0 Å². The standard InChI is InChI=1S/C6H9N3/c1-2-6(1)9-4-7-3-8-5-9/h3-4,6H,1-2,5H2. The molecule has 0 aromatic heterocycles. The average Bonchev–Trinajstić information content (AvgIpc) is 2.71. The summed E-state index contributed by atoms with van der Waals surface area (Å²) in [5.74, 6) is 0. The van der Waals surface area contributed by atoms with Crippen LogP contribution in [0.1, 0.15) is 12.8 Å². The van der Waals surface area contributed by atoms with Crippen LogP contribution in [-0.2, 0) is 0 Å². The molecule has 3 heteroatoms. The monoisotopic (exact) mass is 123 g/mol. The van der Waals surface area contributed by atoms with Crippen molar-refractivity contribution in [1.29, 1.82) is 0 Å². The van der Waals surface area contributed by atoms with Gasteiger partial charge in [0.25, 0.3) is 0 Å². The molecule has 0 amide bonds. The van der Waals surface area contributed by atoms with Crippen LogP contribution >= 0.6 is 0 Å². The Bertz CT molecular complexity index is 158. The molecule has 1 aliphatic heterocycles. The van der Waals surface area contributed by atoms with Gasteiger partial charge in [0.2, 0.25) is 0 Å². The van der Waals surface area contributed by atoms with Crippen LogP contribution in [0.15, 0.2) is 9.98 Å². The SMILES string of the molecule is C1=NC=NCN1C1CC1. The summed E-state index contributed by atoms with van der Waals surface area (Å²) in [7, 11) is 0. The smallest absolute Gasteiger partial charge is 0.113 e. The van der Waals surface area contributed by atoms with E-state index in [4.69, 9.17) is 0 Å². The topological polar surface area (TPSA) is 28.0 Å². The Morgan fingerprint density at radius 3 is 2.89 bits per heavy atom. The van der Waals surface area contributed by atoms with Crippen molar-refractivity contribution in [2.24, 2.45) is 9.98 Å². The minimum absolute atomic E-state index is 0.756. The van der Waals surface area contributed by atoms with E-state index >= 15 is 0 Å². The molecule has 0 N–H and O–H groups in total. The van der Waals surface area contributed by atoms with E-state index in [9.17, 15) is 0 Å². The molecule has 0 saturated heterocycles. The molecule has 9 heavy (non-hydrogen) atoms. The highest BCUT2D eigenvalue weighted by Crippen LogP contribution is 2.25. The van der Waals surface area contributed by atoms with Gasteiger partial charge in [-0.2, -0.15) is 0 Å². The van der Waals surface area contributed by atoms with Crippen molar-refractivity contribution in [2.75, 3.05) is 6.67 Å². The Balaban J connectivity index is 1.98. The Hall–Kier alpha value is -0.860. The van der Waals surface area contributed by atoms with Gasteiger partial charge in [0, 0.05) is 6.04 Å². The summed E-state index contributed by atoms with van der Waals surface area (Å²) in [5, 5.41) is 0. The average molecular weight is 123 g/mol. The zero-order valence-corrected chi connectivity index (χ0v) is 5.20. The lowest BCUT2D eigenvalue weighted by Crippen LogP contribution is -2.26. The lowest BCUT2D eigenvalue weighted by atomic mass is 10.6. The molecule has 1 aliphatic carbocycles. The highest BCUT2D eigenvalue weighted by atomic mass is 15.3. The second-order valence-electron chi connectivity index (χ2n) is 2.45. The van der Waals surface area contributed by atoms with Crippen molar-refractivity contribution < 1.29 is 0 Å². The number of hydrogen-bond donors (Lipinski definition) is 0. The molecule has 0 spiro atoms. The summed E-state index contributed by atoms with van der Waals surface area (Å²) >= 11 is 0. The Labute approximate surface area is 54.1 Å². The summed E-state index contributed by atoms with van der Waals surface area (Å²) < 4.78 is 0. The minimum atomic E-state index is 0.756. The first kappa shape index (κ1) is 4.97. The zero-order chi connectivity index (χ0) is 6.10. The number of hydrogen-bond acceptors (Lipinski definition) is 3. The van der Waals surface area contributed by atoms with E-state index in [0.29, 0.717) is 0 Å².